The maximum Gasteiger partial charge on any atom is 0.197 e. The van der Waals surface area contributed by atoms with Gasteiger partial charge < -0.3 is 9.40 Å². The Hall–Kier alpha value is -3.30. The van der Waals surface area contributed by atoms with Gasteiger partial charge in [0.1, 0.15) is 5.78 Å². The first-order valence-electron chi connectivity index (χ1n) is 8.33. The van der Waals surface area contributed by atoms with E-state index in [9.17, 15) is 4.79 Å². The van der Waals surface area contributed by atoms with Crippen LogP contribution in [-0.4, -0.2) is 26.7 Å². The number of furan rings is 1. The van der Waals surface area contributed by atoms with Gasteiger partial charge in [-0.1, -0.05) is 48.0 Å². The molecule has 0 spiro atoms. The molecule has 1 N–H and O–H groups in total. The molecular formula is C21H15N3O2S. The molecule has 4 rings (SSSR count). The predicted molar refractivity (Wildman–Crippen MR) is 105 cm³/mol. The number of carbonyl (C=O) groups is 1. The Morgan fingerprint density at radius 1 is 1.07 bits per heavy atom. The predicted octanol–water partition coefficient (Wildman–Crippen LogP) is 4.30. The molecule has 4 aromatic rings. The molecule has 0 saturated heterocycles. The molecule has 5 nitrogen and oxygen atoms in total. The molecule has 0 amide bonds. The Labute approximate surface area is 160 Å². The van der Waals surface area contributed by atoms with Gasteiger partial charge in [-0.3, -0.25) is 4.79 Å². The summed E-state index contributed by atoms with van der Waals surface area (Å²) in [4.78, 5) is 14.1. The normalized spacial score (nSPS) is 10.6. The van der Waals surface area contributed by atoms with E-state index in [1.54, 1.807) is 12.1 Å². The SMILES string of the molecule is CC(=O)CSc1nnc(-c2ccc(C#Cc3ccc4ccccc4c3)o2)[nH]1. The van der Waals surface area contributed by atoms with Gasteiger partial charge in [-0.2, -0.15) is 0 Å². The Morgan fingerprint density at radius 3 is 2.78 bits per heavy atom. The van der Waals surface area contributed by atoms with Crippen molar-refractivity contribution in [2.24, 2.45) is 0 Å². The van der Waals surface area contributed by atoms with Crippen LogP contribution in [0.1, 0.15) is 18.2 Å². The highest BCUT2D eigenvalue weighted by atomic mass is 32.2. The molecule has 2 heterocycles. The fourth-order valence-corrected chi connectivity index (χ4v) is 3.13. The van der Waals surface area contributed by atoms with Crippen LogP contribution in [0.5, 0.6) is 0 Å². The molecule has 6 heteroatoms. The molecule has 0 saturated carbocycles. The molecule has 0 fully saturated rings. The van der Waals surface area contributed by atoms with E-state index in [0.29, 0.717) is 28.3 Å². The number of H-pyrrole nitrogens is 1. The lowest BCUT2D eigenvalue weighted by atomic mass is 10.1. The van der Waals surface area contributed by atoms with Crippen molar-refractivity contribution in [3.63, 3.8) is 0 Å². The van der Waals surface area contributed by atoms with Gasteiger partial charge in [0, 0.05) is 5.56 Å². The number of thioether (sulfide) groups is 1. The molecule has 0 atom stereocenters. The average Bonchev–Trinajstić information content (AvgIpc) is 3.34. The van der Waals surface area contributed by atoms with E-state index in [0.717, 1.165) is 10.9 Å². The fourth-order valence-electron chi connectivity index (χ4n) is 2.53. The summed E-state index contributed by atoms with van der Waals surface area (Å²) < 4.78 is 5.73. The summed E-state index contributed by atoms with van der Waals surface area (Å²) in [5.74, 6) is 8.22. The molecule has 27 heavy (non-hydrogen) atoms. The number of hydrogen-bond donors (Lipinski definition) is 1. The minimum Gasteiger partial charge on any atom is -0.444 e. The van der Waals surface area contributed by atoms with Crippen LogP contribution in [0.2, 0.25) is 0 Å². The van der Waals surface area contributed by atoms with Gasteiger partial charge >= 0.3 is 0 Å². The monoisotopic (exact) mass is 373 g/mol. The number of benzene rings is 2. The summed E-state index contributed by atoms with van der Waals surface area (Å²) in [5, 5.41) is 11.0. The first kappa shape index (κ1) is 17.1. The van der Waals surface area contributed by atoms with Gasteiger partial charge in [0.2, 0.25) is 0 Å². The van der Waals surface area contributed by atoms with E-state index in [1.807, 2.05) is 18.2 Å². The Kier molecular flexibility index (Phi) is 4.77. The van der Waals surface area contributed by atoms with Crippen molar-refractivity contribution in [3.05, 3.63) is 65.9 Å². The number of nitrogens with zero attached hydrogens (tertiary/aromatic N) is 2. The van der Waals surface area contributed by atoms with Crippen molar-refractivity contribution in [3.8, 4) is 23.4 Å². The standard InChI is InChI=1S/C21H15N3O2S/c1-14(25)13-27-21-22-20(23-24-21)19-11-10-18(26-19)9-7-15-6-8-16-4-2-3-5-17(16)12-15/h2-6,8,10-12H,13H2,1H3,(H,22,23,24). The summed E-state index contributed by atoms with van der Waals surface area (Å²) in [6.07, 6.45) is 0. The summed E-state index contributed by atoms with van der Waals surface area (Å²) in [6, 6.07) is 17.9. The molecule has 132 valence electrons. The molecule has 2 aromatic carbocycles. The first-order valence-corrected chi connectivity index (χ1v) is 9.32. The molecule has 0 aliphatic heterocycles. The number of ketones is 1. The van der Waals surface area contributed by atoms with Crippen LogP contribution in [0.15, 0.2) is 64.2 Å². The van der Waals surface area contributed by atoms with Crippen LogP contribution in [0.25, 0.3) is 22.4 Å². The molecule has 2 aromatic heterocycles. The first-order chi connectivity index (χ1) is 13.2. The number of rotatable bonds is 4. The zero-order valence-electron chi connectivity index (χ0n) is 14.5. The van der Waals surface area contributed by atoms with Gasteiger partial charge in [-0.05, 0) is 47.9 Å². The number of hydrogen-bond acceptors (Lipinski definition) is 5. The third-order valence-electron chi connectivity index (χ3n) is 3.80. The minimum atomic E-state index is 0.0854. The van der Waals surface area contributed by atoms with Crippen LogP contribution in [0.4, 0.5) is 0 Å². The minimum absolute atomic E-state index is 0.0854. The van der Waals surface area contributed by atoms with Crippen LogP contribution >= 0.6 is 11.8 Å². The second kappa shape index (κ2) is 7.52. The van der Waals surface area contributed by atoms with E-state index in [-0.39, 0.29) is 5.78 Å². The van der Waals surface area contributed by atoms with Gasteiger partial charge in [-0.25, -0.2) is 0 Å². The number of carbonyl (C=O) groups excluding carboxylic acids is 1. The van der Waals surface area contributed by atoms with Gasteiger partial charge in [0.25, 0.3) is 0 Å². The van der Waals surface area contributed by atoms with Crippen molar-refractivity contribution in [2.75, 3.05) is 5.75 Å². The number of aromatic nitrogens is 3. The van der Waals surface area contributed by atoms with Crippen molar-refractivity contribution >= 4 is 28.3 Å². The van der Waals surface area contributed by atoms with Crippen molar-refractivity contribution in [1.82, 2.24) is 15.2 Å². The largest absolute Gasteiger partial charge is 0.444 e. The Balaban J connectivity index is 1.51. The van der Waals surface area contributed by atoms with Gasteiger partial charge in [0.15, 0.2) is 22.5 Å². The molecule has 0 radical (unpaired) electrons. The highest BCUT2D eigenvalue weighted by Crippen LogP contribution is 2.21. The smallest absolute Gasteiger partial charge is 0.197 e. The second-order valence-corrected chi connectivity index (χ2v) is 6.91. The van der Waals surface area contributed by atoms with E-state index >= 15 is 0 Å². The topological polar surface area (TPSA) is 71.8 Å². The lowest BCUT2D eigenvalue weighted by Gasteiger charge is -1.97. The van der Waals surface area contributed by atoms with Crippen LogP contribution in [-0.2, 0) is 4.79 Å². The molecule has 0 aliphatic rings. The quantitative estimate of drug-likeness (QED) is 0.427. The van der Waals surface area contributed by atoms with Crippen LogP contribution in [0.3, 0.4) is 0 Å². The zero-order valence-corrected chi connectivity index (χ0v) is 15.3. The lowest BCUT2D eigenvalue weighted by Crippen LogP contribution is -1.93. The van der Waals surface area contributed by atoms with Gasteiger partial charge in [0.05, 0.1) is 5.75 Å². The average molecular weight is 373 g/mol. The summed E-state index contributed by atoms with van der Waals surface area (Å²) in [7, 11) is 0. The molecule has 0 aliphatic carbocycles. The van der Waals surface area contributed by atoms with Crippen LogP contribution in [0, 0.1) is 11.8 Å². The maximum atomic E-state index is 11.0. The third kappa shape index (κ3) is 4.10. The molecular weight excluding hydrogens is 358 g/mol. The van der Waals surface area contributed by atoms with E-state index in [1.165, 1.54) is 24.1 Å². The Bertz CT molecular complexity index is 1180. The second-order valence-electron chi connectivity index (χ2n) is 5.95. The fraction of sp³-hybridized carbons (Fsp3) is 0.0952. The van der Waals surface area contributed by atoms with E-state index in [2.05, 4.69) is 51.3 Å². The highest BCUT2D eigenvalue weighted by molar-refractivity contribution is 7.99. The number of aromatic amines is 1. The summed E-state index contributed by atoms with van der Waals surface area (Å²) in [5.41, 5.74) is 0.925. The zero-order chi connectivity index (χ0) is 18.6. The number of fused-ring (bicyclic) bond motifs is 1. The molecule has 0 bridgehead atoms. The molecule has 0 unspecified atom stereocenters. The third-order valence-corrected chi connectivity index (χ3v) is 4.81. The highest BCUT2D eigenvalue weighted by Gasteiger charge is 2.10. The summed E-state index contributed by atoms with van der Waals surface area (Å²) in [6.45, 7) is 1.54. The van der Waals surface area contributed by atoms with E-state index in [4.69, 9.17) is 4.42 Å². The van der Waals surface area contributed by atoms with E-state index < -0.39 is 0 Å². The lowest BCUT2D eigenvalue weighted by molar-refractivity contribution is -0.114. The number of Topliss-reactive ketones (excluding diaryl/α,β-unsaturated/α-hetero) is 1. The van der Waals surface area contributed by atoms with Crippen molar-refractivity contribution in [1.29, 1.82) is 0 Å². The van der Waals surface area contributed by atoms with Crippen molar-refractivity contribution in [2.45, 2.75) is 12.1 Å². The number of nitrogens with one attached hydrogen (secondary N) is 1. The van der Waals surface area contributed by atoms with Crippen LogP contribution < -0.4 is 0 Å². The Morgan fingerprint density at radius 2 is 1.93 bits per heavy atom. The van der Waals surface area contributed by atoms with Crippen molar-refractivity contribution < 1.29 is 9.21 Å². The van der Waals surface area contributed by atoms with Gasteiger partial charge in [-0.15, -0.1) is 10.2 Å². The maximum absolute atomic E-state index is 11.0. The summed E-state index contributed by atoms with van der Waals surface area (Å²) >= 11 is 1.31.